The molecule has 0 aliphatic heterocycles. The maximum atomic E-state index is 13.2. The van der Waals surface area contributed by atoms with Crippen LogP contribution in [0.1, 0.15) is 59.4 Å². The largest absolute Gasteiger partial charge is 0.349 e. The van der Waals surface area contributed by atoms with Gasteiger partial charge in [0.1, 0.15) is 11.5 Å². The number of carbonyl (C=O) groups excluding carboxylic acids is 2. The Kier molecular flexibility index (Phi) is 6.40. The smallest absolute Gasteiger partial charge is 0.274 e. The van der Waals surface area contributed by atoms with E-state index in [1.165, 1.54) is 43.3 Å². The molecule has 27 heavy (non-hydrogen) atoms. The van der Waals surface area contributed by atoms with Gasteiger partial charge < -0.3 is 10.6 Å². The van der Waals surface area contributed by atoms with Gasteiger partial charge in [-0.05, 0) is 43.2 Å². The van der Waals surface area contributed by atoms with Crippen molar-refractivity contribution in [2.24, 2.45) is 0 Å². The highest BCUT2D eigenvalue weighted by Gasteiger charge is 2.17. The molecule has 0 saturated heterocycles. The van der Waals surface area contributed by atoms with Crippen LogP contribution in [0.3, 0.4) is 0 Å². The Balaban J connectivity index is 1.67. The van der Waals surface area contributed by atoms with E-state index in [0.717, 1.165) is 25.7 Å². The van der Waals surface area contributed by atoms with Gasteiger partial charge in [-0.25, -0.2) is 4.39 Å². The molecule has 1 fully saturated rings. The van der Waals surface area contributed by atoms with Crippen LogP contribution in [0.4, 0.5) is 10.1 Å². The summed E-state index contributed by atoms with van der Waals surface area (Å²) in [5.41, 5.74) is 0.835. The SMILES string of the molecule is O=C(NC1CCCCCC1)c1ccnc(C(=O)Nc2ccc(F)c(Cl)c2)c1. The van der Waals surface area contributed by atoms with Gasteiger partial charge in [0.25, 0.3) is 11.8 Å². The second-order valence-corrected chi connectivity index (χ2v) is 7.08. The lowest BCUT2D eigenvalue weighted by Crippen LogP contribution is -2.34. The van der Waals surface area contributed by atoms with Crippen molar-refractivity contribution in [3.8, 4) is 0 Å². The minimum absolute atomic E-state index is 0.0858. The van der Waals surface area contributed by atoms with Gasteiger partial charge in [0.05, 0.1) is 5.02 Å². The second kappa shape index (κ2) is 8.95. The molecule has 5 nitrogen and oxygen atoms in total. The molecule has 2 amide bonds. The lowest BCUT2D eigenvalue weighted by molar-refractivity contribution is 0.0933. The number of amides is 2. The van der Waals surface area contributed by atoms with Crippen molar-refractivity contribution in [2.75, 3.05) is 5.32 Å². The minimum atomic E-state index is -0.565. The topological polar surface area (TPSA) is 71.1 Å². The first kappa shape index (κ1) is 19.3. The third-order valence-corrected chi connectivity index (χ3v) is 4.91. The summed E-state index contributed by atoms with van der Waals surface area (Å²) in [7, 11) is 0. The summed E-state index contributed by atoms with van der Waals surface area (Å²) in [5, 5.41) is 5.56. The number of benzene rings is 1. The summed E-state index contributed by atoms with van der Waals surface area (Å²) >= 11 is 5.72. The van der Waals surface area contributed by atoms with Crippen LogP contribution in [0.2, 0.25) is 5.02 Å². The zero-order valence-electron chi connectivity index (χ0n) is 14.8. The molecule has 0 spiro atoms. The molecule has 1 aromatic heterocycles. The van der Waals surface area contributed by atoms with E-state index < -0.39 is 11.7 Å². The molecule has 142 valence electrons. The summed E-state index contributed by atoms with van der Waals surface area (Å²) < 4.78 is 13.2. The lowest BCUT2D eigenvalue weighted by Gasteiger charge is -2.16. The van der Waals surface area contributed by atoms with E-state index in [1.54, 1.807) is 6.07 Å². The fraction of sp³-hybridized carbons (Fsp3) is 0.350. The zero-order valence-corrected chi connectivity index (χ0v) is 15.6. The van der Waals surface area contributed by atoms with E-state index in [-0.39, 0.29) is 22.7 Å². The Morgan fingerprint density at radius 2 is 1.78 bits per heavy atom. The summed E-state index contributed by atoms with van der Waals surface area (Å²) in [6, 6.07) is 7.09. The van der Waals surface area contributed by atoms with Gasteiger partial charge >= 0.3 is 0 Å². The van der Waals surface area contributed by atoms with Gasteiger partial charge in [-0.2, -0.15) is 0 Å². The molecule has 1 heterocycles. The van der Waals surface area contributed by atoms with Crippen LogP contribution in [0.25, 0.3) is 0 Å². The van der Waals surface area contributed by atoms with E-state index in [2.05, 4.69) is 15.6 Å². The van der Waals surface area contributed by atoms with Crippen LogP contribution < -0.4 is 10.6 Å². The van der Waals surface area contributed by atoms with E-state index >= 15 is 0 Å². The first-order valence-corrected chi connectivity index (χ1v) is 9.44. The average Bonchev–Trinajstić information content (AvgIpc) is 2.93. The van der Waals surface area contributed by atoms with Crippen molar-refractivity contribution in [3.05, 3.63) is 58.6 Å². The van der Waals surface area contributed by atoms with Crippen LogP contribution in [0, 0.1) is 5.82 Å². The van der Waals surface area contributed by atoms with Crippen LogP contribution in [0.5, 0.6) is 0 Å². The molecule has 2 N–H and O–H groups in total. The number of hydrogen-bond donors (Lipinski definition) is 2. The second-order valence-electron chi connectivity index (χ2n) is 6.67. The number of aromatic nitrogens is 1. The third-order valence-electron chi connectivity index (χ3n) is 4.62. The van der Waals surface area contributed by atoms with Crippen molar-refractivity contribution in [1.82, 2.24) is 10.3 Å². The highest BCUT2D eigenvalue weighted by molar-refractivity contribution is 6.31. The fourth-order valence-electron chi connectivity index (χ4n) is 3.16. The molecular formula is C20H21ClFN3O2. The first-order chi connectivity index (χ1) is 13.0. The van der Waals surface area contributed by atoms with Crippen LogP contribution in [-0.4, -0.2) is 22.8 Å². The molecule has 3 rings (SSSR count). The predicted molar refractivity (Wildman–Crippen MR) is 103 cm³/mol. The van der Waals surface area contributed by atoms with Gasteiger partial charge in [0.2, 0.25) is 0 Å². The van der Waals surface area contributed by atoms with Gasteiger partial charge in [-0.15, -0.1) is 0 Å². The predicted octanol–water partition coefficient (Wildman–Crippen LogP) is 4.58. The molecule has 1 aliphatic rings. The van der Waals surface area contributed by atoms with E-state index in [0.29, 0.717) is 11.3 Å². The Morgan fingerprint density at radius 3 is 2.48 bits per heavy atom. The molecule has 7 heteroatoms. The maximum absolute atomic E-state index is 13.2. The third kappa shape index (κ3) is 5.26. The van der Waals surface area contributed by atoms with Crippen molar-refractivity contribution >= 4 is 29.1 Å². The highest BCUT2D eigenvalue weighted by atomic mass is 35.5. The summed E-state index contributed by atoms with van der Waals surface area (Å²) in [4.78, 5) is 28.9. The van der Waals surface area contributed by atoms with Crippen molar-refractivity contribution in [3.63, 3.8) is 0 Å². The molecule has 0 atom stereocenters. The number of pyridine rings is 1. The Hall–Kier alpha value is -2.47. The summed E-state index contributed by atoms with van der Waals surface area (Å²) in [5.74, 6) is -1.27. The minimum Gasteiger partial charge on any atom is -0.349 e. The monoisotopic (exact) mass is 389 g/mol. The van der Waals surface area contributed by atoms with Crippen molar-refractivity contribution in [2.45, 2.75) is 44.6 Å². The number of nitrogens with zero attached hydrogens (tertiary/aromatic N) is 1. The van der Waals surface area contributed by atoms with Gasteiger partial charge in [0.15, 0.2) is 0 Å². The number of halogens is 2. The molecule has 0 bridgehead atoms. The molecule has 0 radical (unpaired) electrons. The first-order valence-electron chi connectivity index (χ1n) is 9.06. The van der Waals surface area contributed by atoms with Crippen LogP contribution >= 0.6 is 11.6 Å². The highest BCUT2D eigenvalue weighted by Crippen LogP contribution is 2.20. The van der Waals surface area contributed by atoms with Crippen molar-refractivity contribution < 1.29 is 14.0 Å². The Bertz CT molecular complexity index is 836. The maximum Gasteiger partial charge on any atom is 0.274 e. The normalized spacial score (nSPS) is 15.0. The lowest BCUT2D eigenvalue weighted by atomic mass is 10.1. The standard InChI is InChI=1S/C20H21ClFN3O2/c21-16-12-15(7-8-17(16)22)25-20(27)18-11-13(9-10-23-18)19(26)24-14-5-3-1-2-4-6-14/h7-12,14H,1-6H2,(H,24,26)(H,25,27). The van der Waals surface area contributed by atoms with Gasteiger partial charge in [0, 0.05) is 23.5 Å². The number of anilines is 1. The van der Waals surface area contributed by atoms with Crippen LogP contribution in [0.15, 0.2) is 36.5 Å². The molecule has 2 aromatic rings. The number of carbonyl (C=O) groups is 2. The number of hydrogen-bond acceptors (Lipinski definition) is 3. The van der Waals surface area contributed by atoms with Gasteiger partial charge in [-0.3, -0.25) is 14.6 Å². The molecule has 1 saturated carbocycles. The Morgan fingerprint density at radius 1 is 1.04 bits per heavy atom. The quantitative estimate of drug-likeness (QED) is 0.752. The van der Waals surface area contributed by atoms with E-state index in [4.69, 9.17) is 11.6 Å². The van der Waals surface area contributed by atoms with Crippen LogP contribution in [-0.2, 0) is 0 Å². The Labute approximate surface area is 162 Å². The molecule has 1 aliphatic carbocycles. The zero-order chi connectivity index (χ0) is 19.2. The number of rotatable bonds is 4. The number of nitrogens with one attached hydrogen (secondary N) is 2. The fourth-order valence-corrected chi connectivity index (χ4v) is 3.34. The molecule has 0 unspecified atom stereocenters. The van der Waals surface area contributed by atoms with E-state index in [9.17, 15) is 14.0 Å². The molecular weight excluding hydrogens is 369 g/mol. The molecule has 1 aromatic carbocycles. The average molecular weight is 390 g/mol. The van der Waals surface area contributed by atoms with Gasteiger partial charge in [-0.1, -0.05) is 37.3 Å². The van der Waals surface area contributed by atoms with Crippen molar-refractivity contribution in [1.29, 1.82) is 0 Å². The summed E-state index contributed by atoms with van der Waals surface area (Å²) in [6.07, 6.45) is 8.04. The summed E-state index contributed by atoms with van der Waals surface area (Å²) in [6.45, 7) is 0. The van der Waals surface area contributed by atoms with E-state index in [1.807, 2.05) is 0 Å².